The van der Waals surface area contributed by atoms with Gasteiger partial charge in [-0.2, -0.15) is 4.68 Å². The number of carbonyl (C=O) groups excluding carboxylic acids is 1. The van der Waals surface area contributed by atoms with Gasteiger partial charge in [0.15, 0.2) is 16.9 Å². The fourth-order valence-corrected chi connectivity index (χ4v) is 3.25. The van der Waals surface area contributed by atoms with E-state index in [1.54, 1.807) is 32.9 Å². The number of rotatable bonds is 5. The van der Waals surface area contributed by atoms with Crippen molar-refractivity contribution in [3.8, 4) is 17.1 Å². The Hall–Kier alpha value is -3.14. The Morgan fingerprint density at radius 1 is 1.37 bits per heavy atom. The van der Waals surface area contributed by atoms with Gasteiger partial charge in [-0.3, -0.25) is 4.79 Å². The standard InChI is InChI=1S/C20H24N4O5S/c1-6-7-23(19(26)29-20(2,3)4)24-17(25)12-8-13(16-10-21-11-28-16)15(27-5)9-14(12)22-18(24)30/h8-11H,6-7H2,1-5H3,(H,22,30). The van der Waals surface area contributed by atoms with Crippen LogP contribution < -0.4 is 15.3 Å². The summed E-state index contributed by atoms with van der Waals surface area (Å²) in [5, 5.41) is 1.52. The van der Waals surface area contributed by atoms with Gasteiger partial charge in [-0.15, -0.1) is 0 Å². The van der Waals surface area contributed by atoms with E-state index in [2.05, 4.69) is 9.97 Å². The summed E-state index contributed by atoms with van der Waals surface area (Å²) in [5.41, 5.74) is -0.156. The zero-order valence-electron chi connectivity index (χ0n) is 17.5. The molecule has 30 heavy (non-hydrogen) atoms. The highest BCUT2D eigenvalue weighted by atomic mass is 32.1. The van der Waals surface area contributed by atoms with Crippen LogP contribution in [-0.4, -0.2) is 40.0 Å². The molecular formula is C20H24N4O5S. The molecule has 2 aromatic heterocycles. The second-order valence-corrected chi connectivity index (χ2v) is 8.00. The van der Waals surface area contributed by atoms with E-state index in [9.17, 15) is 9.59 Å². The summed E-state index contributed by atoms with van der Waals surface area (Å²) in [7, 11) is 1.52. The largest absolute Gasteiger partial charge is 0.496 e. The van der Waals surface area contributed by atoms with E-state index in [4.69, 9.17) is 26.1 Å². The van der Waals surface area contributed by atoms with Gasteiger partial charge in [0.2, 0.25) is 0 Å². The van der Waals surface area contributed by atoms with Crippen LogP contribution in [0.3, 0.4) is 0 Å². The second-order valence-electron chi connectivity index (χ2n) is 7.61. The Labute approximate surface area is 178 Å². The Morgan fingerprint density at radius 3 is 2.67 bits per heavy atom. The number of nitrogens with one attached hydrogen (secondary N) is 1. The third kappa shape index (κ3) is 4.23. The van der Waals surface area contributed by atoms with Crippen molar-refractivity contribution in [2.24, 2.45) is 0 Å². The number of amides is 1. The third-order valence-corrected chi connectivity index (χ3v) is 4.45. The molecule has 0 spiro atoms. The van der Waals surface area contributed by atoms with Gasteiger partial charge in [0.05, 0.1) is 29.8 Å². The number of fused-ring (bicyclic) bond motifs is 1. The Morgan fingerprint density at radius 2 is 2.10 bits per heavy atom. The molecule has 0 saturated heterocycles. The first-order valence-electron chi connectivity index (χ1n) is 9.43. The van der Waals surface area contributed by atoms with Crippen LogP contribution in [0.2, 0.25) is 0 Å². The van der Waals surface area contributed by atoms with Crippen LogP contribution >= 0.6 is 12.2 Å². The van der Waals surface area contributed by atoms with E-state index in [0.29, 0.717) is 34.4 Å². The minimum Gasteiger partial charge on any atom is -0.496 e. The topological polar surface area (TPSA) is 103 Å². The summed E-state index contributed by atoms with van der Waals surface area (Å²) in [5.74, 6) is 0.930. The smallest absolute Gasteiger partial charge is 0.429 e. The van der Waals surface area contributed by atoms with Gasteiger partial charge in [0.1, 0.15) is 11.4 Å². The molecule has 0 fully saturated rings. The van der Waals surface area contributed by atoms with Crippen LogP contribution in [0.15, 0.2) is 33.9 Å². The highest BCUT2D eigenvalue weighted by molar-refractivity contribution is 7.71. The molecule has 0 saturated carbocycles. The lowest BCUT2D eigenvalue weighted by Gasteiger charge is -2.28. The van der Waals surface area contributed by atoms with Crippen molar-refractivity contribution in [2.75, 3.05) is 18.7 Å². The maximum atomic E-state index is 13.4. The molecular weight excluding hydrogens is 408 g/mol. The lowest BCUT2D eigenvalue weighted by Crippen LogP contribution is -2.49. The van der Waals surface area contributed by atoms with E-state index < -0.39 is 17.3 Å². The van der Waals surface area contributed by atoms with Crippen molar-refractivity contribution in [2.45, 2.75) is 39.7 Å². The van der Waals surface area contributed by atoms with Gasteiger partial charge in [0, 0.05) is 12.6 Å². The van der Waals surface area contributed by atoms with E-state index >= 15 is 0 Å². The Balaban J connectivity index is 2.23. The van der Waals surface area contributed by atoms with E-state index in [-0.39, 0.29) is 11.3 Å². The van der Waals surface area contributed by atoms with Crippen LogP contribution in [0.5, 0.6) is 5.75 Å². The number of hydrogen-bond donors (Lipinski definition) is 1. The summed E-state index contributed by atoms with van der Waals surface area (Å²) in [6.45, 7) is 7.42. The molecule has 0 aliphatic rings. The number of oxazole rings is 1. The molecule has 0 atom stereocenters. The fraction of sp³-hybridized carbons (Fsp3) is 0.400. The van der Waals surface area contributed by atoms with Gasteiger partial charge in [-0.25, -0.2) is 14.8 Å². The van der Waals surface area contributed by atoms with E-state index in [1.165, 1.54) is 24.7 Å². The highest BCUT2D eigenvalue weighted by Gasteiger charge is 2.25. The minimum absolute atomic E-state index is 0.0706. The molecule has 0 bridgehead atoms. The summed E-state index contributed by atoms with van der Waals surface area (Å²) in [6.07, 6.45) is 2.76. The first-order chi connectivity index (χ1) is 14.2. The molecule has 9 nitrogen and oxygen atoms in total. The molecule has 160 valence electrons. The molecule has 1 N–H and O–H groups in total. The molecule has 2 heterocycles. The number of aromatic nitrogens is 3. The van der Waals surface area contributed by atoms with Crippen molar-refractivity contribution in [3.63, 3.8) is 0 Å². The maximum Gasteiger partial charge on any atom is 0.429 e. The van der Waals surface area contributed by atoms with E-state index in [0.717, 1.165) is 4.68 Å². The third-order valence-electron chi connectivity index (χ3n) is 4.18. The molecule has 10 heteroatoms. The average Bonchev–Trinajstić information content (AvgIpc) is 3.19. The molecule has 0 aliphatic heterocycles. The second kappa shape index (κ2) is 8.31. The molecule has 3 rings (SSSR count). The highest BCUT2D eigenvalue weighted by Crippen LogP contribution is 2.32. The molecule has 0 aliphatic carbocycles. The maximum absolute atomic E-state index is 13.4. The SMILES string of the molecule is CCCN(C(=O)OC(C)(C)C)n1c(=S)[nH]c2cc(OC)c(-c3cnco3)cc2c1=O. The number of aromatic amines is 1. The van der Waals surface area contributed by atoms with Crippen molar-refractivity contribution in [1.82, 2.24) is 14.6 Å². The van der Waals surface area contributed by atoms with Gasteiger partial charge in [-0.1, -0.05) is 6.92 Å². The van der Waals surface area contributed by atoms with E-state index in [1.807, 2.05) is 6.92 Å². The van der Waals surface area contributed by atoms with Crippen LogP contribution in [-0.2, 0) is 4.74 Å². The van der Waals surface area contributed by atoms with Gasteiger partial charge in [0.25, 0.3) is 5.56 Å². The van der Waals surface area contributed by atoms with Crippen LogP contribution in [0.25, 0.3) is 22.2 Å². The van der Waals surface area contributed by atoms with Crippen molar-refractivity contribution in [1.29, 1.82) is 0 Å². The number of nitrogens with zero attached hydrogens (tertiary/aromatic N) is 3. The van der Waals surface area contributed by atoms with Crippen molar-refractivity contribution < 1.29 is 18.7 Å². The first-order valence-corrected chi connectivity index (χ1v) is 9.83. The fourth-order valence-electron chi connectivity index (χ4n) is 2.96. The number of ether oxygens (including phenoxy) is 2. The number of methoxy groups -OCH3 is 1. The quantitative estimate of drug-likeness (QED) is 0.608. The summed E-state index contributed by atoms with van der Waals surface area (Å²) < 4.78 is 17.5. The van der Waals surface area contributed by atoms with Crippen LogP contribution in [0.4, 0.5) is 4.79 Å². The molecule has 3 aromatic rings. The molecule has 1 amide bonds. The number of carbonyl (C=O) groups is 1. The van der Waals surface area contributed by atoms with Gasteiger partial charge in [-0.05, 0) is 45.5 Å². The monoisotopic (exact) mass is 432 g/mol. The number of H-pyrrole nitrogens is 1. The van der Waals surface area contributed by atoms with Crippen LogP contribution in [0.1, 0.15) is 34.1 Å². The summed E-state index contributed by atoms with van der Waals surface area (Å²) in [4.78, 5) is 33.1. The Bertz CT molecular complexity index is 1170. The number of benzene rings is 1. The molecule has 0 unspecified atom stereocenters. The predicted molar refractivity (Wildman–Crippen MR) is 115 cm³/mol. The zero-order valence-corrected chi connectivity index (χ0v) is 18.3. The van der Waals surface area contributed by atoms with Gasteiger partial charge >= 0.3 is 6.09 Å². The van der Waals surface area contributed by atoms with Crippen molar-refractivity contribution >= 4 is 29.2 Å². The zero-order chi connectivity index (χ0) is 22.1. The summed E-state index contributed by atoms with van der Waals surface area (Å²) in [6, 6.07) is 3.28. The van der Waals surface area contributed by atoms with Gasteiger partial charge < -0.3 is 18.9 Å². The lowest BCUT2D eigenvalue weighted by molar-refractivity contribution is 0.0535. The lowest BCUT2D eigenvalue weighted by atomic mass is 10.1. The minimum atomic E-state index is -0.721. The normalized spacial score (nSPS) is 11.5. The van der Waals surface area contributed by atoms with Crippen LogP contribution in [0, 0.1) is 4.77 Å². The first kappa shape index (κ1) is 21.6. The molecule has 1 aromatic carbocycles. The Kier molecular flexibility index (Phi) is 5.97. The van der Waals surface area contributed by atoms with Crippen molar-refractivity contribution in [3.05, 3.63) is 39.8 Å². The average molecular weight is 433 g/mol. The predicted octanol–water partition coefficient (Wildman–Crippen LogP) is 4.01. The summed E-state index contributed by atoms with van der Waals surface area (Å²) >= 11 is 5.40. The number of hydrogen-bond acceptors (Lipinski definition) is 7. The molecule has 0 radical (unpaired) electrons.